The molecule has 8 heteroatoms. The molecule has 0 radical (unpaired) electrons. The van der Waals surface area contributed by atoms with Gasteiger partial charge in [-0.2, -0.15) is 8.42 Å². The van der Waals surface area contributed by atoms with Gasteiger partial charge in [0.05, 0.1) is 0 Å². The van der Waals surface area contributed by atoms with Gasteiger partial charge in [0.1, 0.15) is 5.82 Å². The van der Waals surface area contributed by atoms with Crippen molar-refractivity contribution in [3.8, 4) is 0 Å². The van der Waals surface area contributed by atoms with E-state index >= 15 is 0 Å². The summed E-state index contributed by atoms with van der Waals surface area (Å²) in [5.41, 5.74) is 2.32. The summed E-state index contributed by atoms with van der Waals surface area (Å²) in [6.45, 7) is 3.38. The van der Waals surface area contributed by atoms with Crippen LogP contribution in [-0.4, -0.2) is 47.0 Å². The number of nitrogens with one attached hydrogen (secondary N) is 1. The van der Waals surface area contributed by atoms with Gasteiger partial charge < -0.3 is 9.88 Å². The fourth-order valence-corrected chi connectivity index (χ4v) is 3.02. The lowest BCUT2D eigenvalue weighted by Gasteiger charge is -2.35. The molecule has 23 heavy (non-hydrogen) atoms. The van der Waals surface area contributed by atoms with Crippen LogP contribution in [0.25, 0.3) is 10.9 Å². The topological polar surface area (TPSA) is 93.6 Å². The summed E-state index contributed by atoms with van der Waals surface area (Å²) in [5.74, 6) is 0.399. The first-order valence-corrected chi connectivity index (χ1v) is 8.71. The number of aromatic amines is 1. The Morgan fingerprint density at radius 3 is 2.61 bits per heavy atom. The molecule has 0 aliphatic carbocycles. The standard InChI is InChI=1S/C15H19FN2.H2O4S/c1-10-7-11(5-6-18(10)2)14-9-17-15-4-3-12(16)8-13(14)15;1-5(2,3)4/h3-4,8-11,17H,5-7H2,1-2H3;(H2,1,2,3,4). The third-order valence-corrected chi connectivity index (χ3v) is 4.32. The second kappa shape index (κ2) is 6.96. The fraction of sp³-hybridized carbons (Fsp3) is 0.467. The highest BCUT2D eigenvalue weighted by atomic mass is 32.3. The van der Waals surface area contributed by atoms with E-state index in [0.29, 0.717) is 12.0 Å². The number of fused-ring (bicyclic) bond motifs is 1. The van der Waals surface area contributed by atoms with Gasteiger partial charge in [-0.15, -0.1) is 0 Å². The number of aromatic nitrogens is 1. The zero-order chi connectivity index (χ0) is 17.2. The van der Waals surface area contributed by atoms with Crippen LogP contribution in [-0.2, 0) is 10.4 Å². The summed E-state index contributed by atoms with van der Waals surface area (Å²) in [6.07, 6.45) is 4.37. The van der Waals surface area contributed by atoms with Crippen LogP contribution in [0.2, 0.25) is 0 Å². The van der Waals surface area contributed by atoms with Gasteiger partial charge in [-0.3, -0.25) is 9.11 Å². The molecule has 1 aromatic heterocycles. The van der Waals surface area contributed by atoms with Gasteiger partial charge in [0, 0.05) is 23.1 Å². The summed E-state index contributed by atoms with van der Waals surface area (Å²) >= 11 is 0. The lowest BCUT2D eigenvalue weighted by molar-refractivity contribution is 0.183. The molecule has 6 nitrogen and oxygen atoms in total. The van der Waals surface area contributed by atoms with E-state index in [2.05, 4.69) is 30.1 Å². The smallest absolute Gasteiger partial charge is 0.361 e. The number of hydrogen-bond donors (Lipinski definition) is 3. The van der Waals surface area contributed by atoms with Crippen molar-refractivity contribution < 1.29 is 21.9 Å². The van der Waals surface area contributed by atoms with E-state index in [0.717, 1.165) is 30.3 Å². The van der Waals surface area contributed by atoms with Crippen molar-refractivity contribution in [1.29, 1.82) is 0 Å². The van der Waals surface area contributed by atoms with Gasteiger partial charge in [0.15, 0.2) is 0 Å². The molecule has 0 bridgehead atoms. The number of likely N-dealkylation sites (tertiary alicyclic amines) is 1. The maximum Gasteiger partial charge on any atom is 0.394 e. The third-order valence-electron chi connectivity index (χ3n) is 4.32. The molecule has 1 aliphatic heterocycles. The largest absolute Gasteiger partial charge is 0.394 e. The molecule has 0 amide bonds. The van der Waals surface area contributed by atoms with Gasteiger partial charge in [0.2, 0.25) is 0 Å². The van der Waals surface area contributed by atoms with E-state index < -0.39 is 10.4 Å². The Balaban J connectivity index is 0.000000338. The van der Waals surface area contributed by atoms with Crippen LogP contribution in [0.15, 0.2) is 24.4 Å². The number of benzene rings is 1. The number of nitrogens with zero attached hydrogens (tertiary/aromatic N) is 1. The van der Waals surface area contributed by atoms with Crippen LogP contribution in [0.5, 0.6) is 0 Å². The van der Waals surface area contributed by atoms with Crippen LogP contribution in [0.3, 0.4) is 0 Å². The third kappa shape index (κ3) is 5.00. The summed E-state index contributed by atoms with van der Waals surface area (Å²) < 4.78 is 45.0. The van der Waals surface area contributed by atoms with Crippen molar-refractivity contribution in [1.82, 2.24) is 9.88 Å². The molecule has 0 spiro atoms. The minimum atomic E-state index is -4.67. The van der Waals surface area contributed by atoms with Crippen molar-refractivity contribution in [3.63, 3.8) is 0 Å². The Hall–Kier alpha value is -1.48. The highest BCUT2D eigenvalue weighted by molar-refractivity contribution is 7.79. The van der Waals surface area contributed by atoms with Crippen molar-refractivity contribution in [3.05, 3.63) is 35.8 Å². The van der Waals surface area contributed by atoms with Crippen LogP contribution < -0.4 is 0 Å². The molecule has 128 valence electrons. The van der Waals surface area contributed by atoms with Crippen LogP contribution in [0, 0.1) is 5.82 Å². The zero-order valence-electron chi connectivity index (χ0n) is 13.0. The fourth-order valence-electron chi connectivity index (χ4n) is 3.02. The predicted molar refractivity (Wildman–Crippen MR) is 86.5 cm³/mol. The van der Waals surface area contributed by atoms with Crippen molar-refractivity contribution in [2.24, 2.45) is 0 Å². The Labute approximate surface area is 134 Å². The lowest BCUT2D eigenvalue weighted by atomic mass is 9.86. The van der Waals surface area contributed by atoms with Gasteiger partial charge in [-0.05, 0) is 63.0 Å². The molecule has 1 fully saturated rings. The molecular weight excluding hydrogens is 323 g/mol. The first kappa shape index (κ1) is 17.9. The zero-order valence-corrected chi connectivity index (χ0v) is 13.8. The van der Waals surface area contributed by atoms with Gasteiger partial charge in [-0.25, -0.2) is 4.39 Å². The quantitative estimate of drug-likeness (QED) is 0.692. The average molecular weight is 344 g/mol. The van der Waals surface area contributed by atoms with Crippen molar-refractivity contribution >= 4 is 21.3 Å². The molecule has 2 heterocycles. The molecule has 3 rings (SSSR count). The van der Waals surface area contributed by atoms with E-state index in [1.807, 2.05) is 6.07 Å². The Morgan fingerprint density at radius 1 is 1.35 bits per heavy atom. The summed E-state index contributed by atoms with van der Waals surface area (Å²) in [5, 5.41) is 1.05. The predicted octanol–water partition coefficient (Wildman–Crippen LogP) is 2.85. The van der Waals surface area contributed by atoms with E-state index in [1.54, 1.807) is 6.07 Å². The average Bonchev–Trinajstić information content (AvgIpc) is 2.83. The molecule has 2 unspecified atom stereocenters. The van der Waals surface area contributed by atoms with Crippen molar-refractivity contribution in [2.75, 3.05) is 13.6 Å². The van der Waals surface area contributed by atoms with Gasteiger partial charge in [0.25, 0.3) is 0 Å². The molecular formula is C15H21FN2O4S. The van der Waals surface area contributed by atoms with Crippen LogP contribution in [0.4, 0.5) is 4.39 Å². The highest BCUT2D eigenvalue weighted by Crippen LogP contribution is 2.35. The summed E-state index contributed by atoms with van der Waals surface area (Å²) in [4.78, 5) is 5.65. The van der Waals surface area contributed by atoms with E-state index in [4.69, 9.17) is 17.5 Å². The van der Waals surface area contributed by atoms with E-state index in [1.165, 1.54) is 11.6 Å². The first-order valence-electron chi connectivity index (χ1n) is 7.32. The SMILES string of the molecule is CC1CC(c2c[nH]c3ccc(F)cc23)CCN1C.O=S(=O)(O)O. The molecule has 2 aromatic rings. The Kier molecular flexibility index (Phi) is 5.41. The minimum Gasteiger partial charge on any atom is -0.361 e. The Bertz CT molecular complexity index is 767. The van der Waals surface area contributed by atoms with Gasteiger partial charge >= 0.3 is 10.4 Å². The second-order valence-corrected chi connectivity index (χ2v) is 6.83. The first-order chi connectivity index (χ1) is 10.6. The molecule has 2 atom stereocenters. The maximum atomic E-state index is 13.4. The van der Waals surface area contributed by atoms with Gasteiger partial charge in [-0.1, -0.05) is 0 Å². The van der Waals surface area contributed by atoms with E-state index in [-0.39, 0.29) is 5.82 Å². The normalized spacial score (nSPS) is 22.7. The maximum absolute atomic E-state index is 13.4. The molecule has 3 N–H and O–H groups in total. The molecule has 1 saturated heterocycles. The van der Waals surface area contributed by atoms with Crippen LogP contribution in [0.1, 0.15) is 31.2 Å². The number of halogens is 1. The number of rotatable bonds is 1. The number of H-pyrrole nitrogens is 1. The number of hydrogen-bond acceptors (Lipinski definition) is 3. The second-order valence-electron chi connectivity index (χ2n) is 5.93. The summed E-state index contributed by atoms with van der Waals surface area (Å²) in [6, 6.07) is 5.60. The monoisotopic (exact) mass is 344 g/mol. The van der Waals surface area contributed by atoms with Crippen molar-refractivity contribution in [2.45, 2.75) is 31.7 Å². The molecule has 1 aromatic carbocycles. The molecule has 1 aliphatic rings. The highest BCUT2D eigenvalue weighted by Gasteiger charge is 2.25. The number of piperidine rings is 1. The minimum absolute atomic E-state index is 0.149. The van der Waals surface area contributed by atoms with E-state index in [9.17, 15) is 4.39 Å². The lowest BCUT2D eigenvalue weighted by Crippen LogP contribution is -2.36. The molecule has 0 saturated carbocycles. The summed E-state index contributed by atoms with van der Waals surface area (Å²) in [7, 11) is -2.49. The van der Waals surface area contributed by atoms with Crippen LogP contribution >= 0.6 is 0 Å². The Morgan fingerprint density at radius 2 is 2.00 bits per heavy atom.